The van der Waals surface area contributed by atoms with Gasteiger partial charge in [-0.05, 0) is 41.1 Å². The van der Waals surface area contributed by atoms with Gasteiger partial charge in [0.2, 0.25) is 0 Å². The molecule has 2 rings (SSSR count). The van der Waals surface area contributed by atoms with Gasteiger partial charge in [0.05, 0.1) is 10.2 Å². The second-order valence-electron chi connectivity index (χ2n) is 6.35. The first-order valence-electron chi connectivity index (χ1n) is 7.04. The SMILES string of the molecule is Cc1ncc(Br)c(N2CCC(C)(C)CC2)c1C(O)C(=O)O. The van der Waals surface area contributed by atoms with E-state index in [4.69, 9.17) is 5.11 Å². The summed E-state index contributed by atoms with van der Waals surface area (Å²) in [4.78, 5) is 17.5. The molecule has 1 aliphatic rings. The number of aliphatic hydroxyl groups excluding tert-OH is 1. The monoisotopic (exact) mass is 356 g/mol. The number of piperidine rings is 1. The minimum atomic E-state index is -1.56. The lowest BCUT2D eigenvalue weighted by Gasteiger charge is -2.39. The molecular formula is C15H21BrN2O3. The summed E-state index contributed by atoms with van der Waals surface area (Å²) in [6.07, 6.45) is 2.18. The Kier molecular flexibility index (Phi) is 4.58. The molecule has 1 aliphatic heterocycles. The minimum Gasteiger partial charge on any atom is -0.479 e. The molecule has 1 fully saturated rings. The van der Waals surface area contributed by atoms with Crippen LogP contribution in [0.5, 0.6) is 0 Å². The van der Waals surface area contributed by atoms with Gasteiger partial charge in [0.1, 0.15) is 0 Å². The number of carbonyl (C=O) groups is 1. The molecule has 21 heavy (non-hydrogen) atoms. The van der Waals surface area contributed by atoms with Gasteiger partial charge in [-0.3, -0.25) is 4.98 Å². The molecule has 1 atom stereocenters. The molecule has 1 aromatic rings. The van der Waals surface area contributed by atoms with E-state index >= 15 is 0 Å². The highest BCUT2D eigenvalue weighted by atomic mass is 79.9. The molecule has 116 valence electrons. The third-order valence-electron chi connectivity index (χ3n) is 4.18. The second-order valence-corrected chi connectivity index (χ2v) is 7.20. The molecular weight excluding hydrogens is 336 g/mol. The van der Waals surface area contributed by atoms with Crippen LogP contribution in [0.1, 0.15) is 44.1 Å². The van der Waals surface area contributed by atoms with Crippen LogP contribution >= 0.6 is 15.9 Å². The Hall–Kier alpha value is -1.14. The number of rotatable bonds is 3. The van der Waals surface area contributed by atoms with Gasteiger partial charge < -0.3 is 15.1 Å². The third-order valence-corrected chi connectivity index (χ3v) is 4.76. The van der Waals surface area contributed by atoms with Crippen molar-refractivity contribution in [2.24, 2.45) is 5.41 Å². The smallest absolute Gasteiger partial charge is 0.337 e. The van der Waals surface area contributed by atoms with Gasteiger partial charge in [0.15, 0.2) is 6.10 Å². The molecule has 5 nitrogen and oxygen atoms in total. The molecule has 0 saturated carbocycles. The molecule has 0 aromatic carbocycles. The zero-order valence-corrected chi connectivity index (χ0v) is 14.1. The van der Waals surface area contributed by atoms with Gasteiger partial charge >= 0.3 is 5.97 Å². The maximum Gasteiger partial charge on any atom is 0.337 e. The Morgan fingerprint density at radius 1 is 1.43 bits per heavy atom. The van der Waals surface area contributed by atoms with Gasteiger partial charge in [-0.2, -0.15) is 0 Å². The topological polar surface area (TPSA) is 73.7 Å². The van der Waals surface area contributed by atoms with Crippen LogP contribution in [-0.4, -0.2) is 34.3 Å². The second kappa shape index (κ2) is 5.93. The molecule has 0 aliphatic carbocycles. The Balaban J connectivity index is 2.43. The predicted molar refractivity (Wildman–Crippen MR) is 84.5 cm³/mol. The number of aromatic nitrogens is 1. The van der Waals surface area contributed by atoms with Crippen LogP contribution in [0, 0.1) is 12.3 Å². The van der Waals surface area contributed by atoms with E-state index in [2.05, 4.69) is 39.7 Å². The number of halogens is 1. The highest BCUT2D eigenvalue weighted by Gasteiger charge is 2.31. The maximum atomic E-state index is 11.2. The van der Waals surface area contributed by atoms with Crippen LogP contribution in [0.3, 0.4) is 0 Å². The van der Waals surface area contributed by atoms with E-state index in [1.165, 1.54) is 0 Å². The number of aryl methyl sites for hydroxylation is 1. The fourth-order valence-electron chi connectivity index (χ4n) is 2.69. The average molecular weight is 357 g/mol. The van der Waals surface area contributed by atoms with Gasteiger partial charge in [0.25, 0.3) is 0 Å². The molecule has 1 aromatic heterocycles. The van der Waals surface area contributed by atoms with E-state index in [-0.39, 0.29) is 0 Å². The predicted octanol–water partition coefficient (Wildman–Crippen LogP) is 2.90. The van der Waals surface area contributed by atoms with Crippen molar-refractivity contribution in [3.8, 4) is 0 Å². The number of hydrogen-bond acceptors (Lipinski definition) is 4. The molecule has 6 heteroatoms. The summed E-state index contributed by atoms with van der Waals surface area (Å²) in [5.41, 5.74) is 1.99. The number of carboxylic acid groups (broad SMARTS) is 1. The molecule has 0 spiro atoms. The highest BCUT2D eigenvalue weighted by Crippen LogP contribution is 2.39. The summed E-state index contributed by atoms with van der Waals surface area (Å²) in [5, 5.41) is 19.2. The van der Waals surface area contributed by atoms with Crippen molar-refractivity contribution in [2.75, 3.05) is 18.0 Å². The van der Waals surface area contributed by atoms with Gasteiger partial charge in [0, 0.05) is 30.5 Å². The lowest BCUT2D eigenvalue weighted by Crippen LogP contribution is -2.38. The van der Waals surface area contributed by atoms with Crippen molar-refractivity contribution in [3.63, 3.8) is 0 Å². The summed E-state index contributed by atoms with van der Waals surface area (Å²) in [5.74, 6) is -1.25. The van der Waals surface area contributed by atoms with Crippen molar-refractivity contribution in [1.82, 2.24) is 4.98 Å². The fraction of sp³-hybridized carbons (Fsp3) is 0.600. The largest absolute Gasteiger partial charge is 0.479 e. The lowest BCUT2D eigenvalue weighted by atomic mass is 9.82. The van der Waals surface area contributed by atoms with Crippen LogP contribution in [0.4, 0.5) is 5.69 Å². The molecule has 1 saturated heterocycles. The maximum absolute atomic E-state index is 11.2. The number of aliphatic carboxylic acids is 1. The molecule has 0 radical (unpaired) electrons. The Bertz CT molecular complexity index is 550. The van der Waals surface area contributed by atoms with Crippen LogP contribution < -0.4 is 4.90 Å². The first-order valence-corrected chi connectivity index (χ1v) is 7.83. The van der Waals surface area contributed by atoms with E-state index in [9.17, 15) is 9.90 Å². The van der Waals surface area contributed by atoms with Crippen molar-refractivity contribution in [1.29, 1.82) is 0 Å². The van der Waals surface area contributed by atoms with Crippen LogP contribution in [0.25, 0.3) is 0 Å². The number of carboxylic acids is 1. The first-order chi connectivity index (χ1) is 9.73. The first kappa shape index (κ1) is 16.2. The van der Waals surface area contributed by atoms with Crippen LogP contribution in [0.15, 0.2) is 10.7 Å². The number of nitrogens with zero attached hydrogens (tertiary/aromatic N) is 2. The number of aliphatic hydroxyl groups is 1. The van der Waals surface area contributed by atoms with E-state index in [0.29, 0.717) is 16.7 Å². The molecule has 2 heterocycles. The number of pyridine rings is 1. The van der Waals surface area contributed by atoms with Crippen molar-refractivity contribution >= 4 is 27.6 Å². The van der Waals surface area contributed by atoms with Gasteiger partial charge in [-0.25, -0.2) is 4.79 Å². The highest BCUT2D eigenvalue weighted by molar-refractivity contribution is 9.10. The Morgan fingerprint density at radius 2 is 2.00 bits per heavy atom. The van der Waals surface area contributed by atoms with Crippen LogP contribution in [-0.2, 0) is 4.79 Å². The summed E-state index contributed by atoms with van der Waals surface area (Å²) < 4.78 is 0.725. The van der Waals surface area contributed by atoms with Crippen LogP contribution in [0.2, 0.25) is 0 Å². The van der Waals surface area contributed by atoms with E-state index in [0.717, 1.165) is 36.1 Å². The standard InChI is InChI=1S/C15H21BrN2O3/c1-9-11(13(19)14(20)21)12(10(16)8-17-9)18-6-4-15(2,3)5-7-18/h8,13,19H,4-7H2,1-3H3,(H,20,21). The zero-order valence-electron chi connectivity index (χ0n) is 12.6. The third kappa shape index (κ3) is 3.37. The van der Waals surface area contributed by atoms with Crippen molar-refractivity contribution in [2.45, 2.75) is 39.7 Å². The number of anilines is 1. The van der Waals surface area contributed by atoms with E-state index < -0.39 is 12.1 Å². The average Bonchev–Trinajstić information content (AvgIpc) is 2.41. The molecule has 0 amide bonds. The van der Waals surface area contributed by atoms with E-state index in [1.54, 1.807) is 13.1 Å². The Morgan fingerprint density at radius 3 is 2.52 bits per heavy atom. The summed E-state index contributed by atoms with van der Waals surface area (Å²) in [6, 6.07) is 0. The Labute approximate surface area is 133 Å². The number of hydrogen-bond donors (Lipinski definition) is 2. The molecule has 1 unspecified atom stereocenters. The summed E-state index contributed by atoms with van der Waals surface area (Å²) in [7, 11) is 0. The normalized spacial score (nSPS) is 19.4. The van der Waals surface area contributed by atoms with Crippen molar-refractivity contribution in [3.05, 3.63) is 21.9 Å². The summed E-state index contributed by atoms with van der Waals surface area (Å²) in [6.45, 7) is 7.89. The van der Waals surface area contributed by atoms with Gasteiger partial charge in [-0.15, -0.1) is 0 Å². The van der Waals surface area contributed by atoms with Crippen molar-refractivity contribution < 1.29 is 15.0 Å². The minimum absolute atomic E-state index is 0.302. The van der Waals surface area contributed by atoms with Gasteiger partial charge in [-0.1, -0.05) is 13.8 Å². The molecule has 2 N–H and O–H groups in total. The zero-order chi connectivity index (χ0) is 15.8. The fourth-order valence-corrected chi connectivity index (χ4v) is 3.26. The summed E-state index contributed by atoms with van der Waals surface area (Å²) >= 11 is 3.45. The lowest BCUT2D eigenvalue weighted by molar-refractivity contribution is -0.147. The quantitative estimate of drug-likeness (QED) is 0.870. The van der Waals surface area contributed by atoms with E-state index in [1.807, 2.05) is 0 Å². The molecule has 0 bridgehead atoms.